The van der Waals surface area contributed by atoms with E-state index in [-0.39, 0.29) is 0 Å². The largest absolute Gasteiger partial charge is 0.487 e. The fraction of sp³-hybridized carbons (Fsp3) is 0.588. The minimum Gasteiger partial charge on any atom is -0.487 e. The van der Waals surface area contributed by atoms with Crippen molar-refractivity contribution in [3.8, 4) is 17.2 Å². The van der Waals surface area contributed by atoms with E-state index in [0.29, 0.717) is 62.5 Å². The van der Waals surface area contributed by atoms with E-state index in [9.17, 15) is 4.79 Å². The van der Waals surface area contributed by atoms with Crippen molar-refractivity contribution in [1.82, 2.24) is 0 Å². The molecule has 1 aromatic rings. The van der Waals surface area contributed by atoms with Crippen LogP contribution in [0.1, 0.15) is 10.4 Å². The molecule has 1 aromatic carbocycles. The van der Waals surface area contributed by atoms with Gasteiger partial charge in [-0.25, -0.2) is 4.79 Å². The van der Waals surface area contributed by atoms with Crippen molar-refractivity contribution >= 4 is 5.97 Å². The van der Waals surface area contributed by atoms with Crippen LogP contribution in [0.4, 0.5) is 0 Å². The summed E-state index contributed by atoms with van der Waals surface area (Å²) in [7, 11) is 6.03. The van der Waals surface area contributed by atoms with E-state index < -0.39 is 5.97 Å². The predicted molar refractivity (Wildman–Crippen MR) is 89.9 cm³/mol. The van der Waals surface area contributed by atoms with Gasteiger partial charge in [-0.3, -0.25) is 0 Å². The Kier molecular flexibility index (Phi) is 10.4. The predicted octanol–water partition coefficient (Wildman–Crippen LogP) is 1.55. The van der Waals surface area contributed by atoms with Crippen LogP contribution in [0, 0.1) is 0 Å². The monoisotopic (exact) mass is 358 g/mol. The summed E-state index contributed by atoms with van der Waals surface area (Å²) in [6, 6.07) is 3.10. The maximum atomic E-state index is 11.9. The zero-order valence-electron chi connectivity index (χ0n) is 15.2. The van der Waals surface area contributed by atoms with Crippen molar-refractivity contribution in [3.63, 3.8) is 0 Å². The first-order valence-corrected chi connectivity index (χ1v) is 7.79. The Bertz CT molecular complexity index is 486. The summed E-state index contributed by atoms with van der Waals surface area (Å²) in [6.07, 6.45) is 0. The van der Waals surface area contributed by atoms with Gasteiger partial charge in [0.15, 0.2) is 11.5 Å². The van der Waals surface area contributed by atoms with Gasteiger partial charge in [0, 0.05) is 21.3 Å². The van der Waals surface area contributed by atoms with Gasteiger partial charge in [-0.05, 0) is 12.1 Å². The fourth-order valence-electron chi connectivity index (χ4n) is 1.87. The third-order valence-electron chi connectivity index (χ3n) is 3.07. The molecule has 0 aromatic heterocycles. The number of hydrogen-bond acceptors (Lipinski definition) is 8. The molecule has 1 rings (SSSR count). The lowest BCUT2D eigenvalue weighted by molar-refractivity contribution is 0.0599. The Morgan fingerprint density at radius 3 is 1.56 bits per heavy atom. The maximum Gasteiger partial charge on any atom is 0.338 e. The molecule has 0 spiro atoms. The van der Waals surface area contributed by atoms with Gasteiger partial charge in [-0.15, -0.1) is 0 Å². The maximum absolute atomic E-state index is 11.9. The van der Waals surface area contributed by atoms with Crippen molar-refractivity contribution in [2.45, 2.75) is 0 Å². The number of carbonyl (C=O) groups is 1. The second kappa shape index (κ2) is 12.3. The molecular formula is C17H26O8. The topological polar surface area (TPSA) is 81.7 Å². The van der Waals surface area contributed by atoms with Gasteiger partial charge in [0.05, 0.1) is 32.5 Å². The van der Waals surface area contributed by atoms with Crippen LogP contribution in [0.15, 0.2) is 12.1 Å². The molecule has 0 aliphatic heterocycles. The van der Waals surface area contributed by atoms with Crippen molar-refractivity contribution in [1.29, 1.82) is 0 Å². The van der Waals surface area contributed by atoms with E-state index in [1.807, 2.05) is 0 Å². The van der Waals surface area contributed by atoms with Crippen LogP contribution < -0.4 is 14.2 Å². The molecule has 0 saturated heterocycles. The van der Waals surface area contributed by atoms with Crippen LogP contribution in [0.25, 0.3) is 0 Å². The minimum absolute atomic E-state index is 0.291. The number of ether oxygens (including phenoxy) is 7. The highest BCUT2D eigenvalue weighted by Crippen LogP contribution is 2.39. The van der Waals surface area contributed by atoms with E-state index in [4.69, 9.17) is 33.2 Å². The van der Waals surface area contributed by atoms with Crippen molar-refractivity contribution < 1.29 is 38.0 Å². The third-order valence-corrected chi connectivity index (χ3v) is 3.07. The number of carbonyl (C=O) groups excluding carboxylic acids is 1. The summed E-state index contributed by atoms with van der Waals surface area (Å²) < 4.78 is 36.8. The second-order valence-electron chi connectivity index (χ2n) is 4.82. The molecule has 25 heavy (non-hydrogen) atoms. The molecule has 8 nitrogen and oxygen atoms in total. The lowest BCUT2D eigenvalue weighted by Crippen LogP contribution is -2.13. The number of rotatable bonds is 13. The summed E-state index contributed by atoms with van der Waals surface area (Å²) in [5.41, 5.74) is 0.293. The van der Waals surface area contributed by atoms with Gasteiger partial charge < -0.3 is 33.2 Å². The molecule has 0 aliphatic rings. The Labute approximate surface area is 147 Å². The molecule has 0 N–H and O–H groups in total. The van der Waals surface area contributed by atoms with Crippen molar-refractivity contribution in [2.75, 3.05) is 68.1 Å². The van der Waals surface area contributed by atoms with E-state index in [2.05, 4.69) is 0 Å². The molecule has 0 atom stereocenters. The Hall–Kier alpha value is -2.03. The smallest absolute Gasteiger partial charge is 0.338 e. The molecule has 0 unspecified atom stereocenters. The van der Waals surface area contributed by atoms with Crippen LogP contribution in [-0.4, -0.2) is 74.0 Å². The molecular weight excluding hydrogens is 332 g/mol. The highest BCUT2D eigenvalue weighted by Gasteiger charge is 2.19. The van der Waals surface area contributed by atoms with Crippen LogP contribution in [0.5, 0.6) is 17.2 Å². The Balaban J connectivity index is 3.14. The van der Waals surface area contributed by atoms with Gasteiger partial charge in [0.1, 0.15) is 19.8 Å². The molecule has 8 heteroatoms. The van der Waals surface area contributed by atoms with Crippen molar-refractivity contribution in [3.05, 3.63) is 17.7 Å². The average molecular weight is 358 g/mol. The van der Waals surface area contributed by atoms with Crippen LogP contribution in [0.2, 0.25) is 0 Å². The molecule has 0 bridgehead atoms. The average Bonchev–Trinajstić information content (AvgIpc) is 2.63. The normalized spacial score (nSPS) is 10.4. The van der Waals surface area contributed by atoms with Gasteiger partial charge in [0.2, 0.25) is 5.75 Å². The van der Waals surface area contributed by atoms with Gasteiger partial charge in [-0.2, -0.15) is 0 Å². The standard InChI is InChI=1S/C17H26O8/c1-19-5-8-23-14-11-13(17(18)22-4)12-15(24-9-6-20-2)16(14)25-10-7-21-3/h11-12H,5-10H2,1-4H3. The Morgan fingerprint density at radius 2 is 1.16 bits per heavy atom. The van der Waals surface area contributed by atoms with Crippen LogP contribution >= 0.6 is 0 Å². The summed E-state index contributed by atoms with van der Waals surface area (Å²) >= 11 is 0. The van der Waals surface area contributed by atoms with Gasteiger partial charge in [0.25, 0.3) is 0 Å². The molecule has 0 fully saturated rings. The second-order valence-corrected chi connectivity index (χ2v) is 4.82. The molecule has 0 saturated carbocycles. The van der Waals surface area contributed by atoms with E-state index in [1.54, 1.807) is 33.5 Å². The van der Waals surface area contributed by atoms with E-state index >= 15 is 0 Å². The quantitative estimate of drug-likeness (QED) is 0.388. The molecule has 0 amide bonds. The number of benzene rings is 1. The number of hydrogen-bond donors (Lipinski definition) is 0. The van der Waals surface area contributed by atoms with Crippen LogP contribution in [-0.2, 0) is 18.9 Å². The number of methoxy groups -OCH3 is 4. The van der Waals surface area contributed by atoms with Crippen LogP contribution in [0.3, 0.4) is 0 Å². The minimum atomic E-state index is -0.503. The highest BCUT2D eigenvalue weighted by molar-refractivity contribution is 5.91. The molecule has 142 valence electrons. The first-order chi connectivity index (χ1) is 12.2. The zero-order valence-corrected chi connectivity index (χ0v) is 15.2. The summed E-state index contributed by atoms with van der Waals surface area (Å²) in [4.78, 5) is 11.9. The molecule has 0 radical (unpaired) electrons. The molecule has 0 aliphatic carbocycles. The van der Waals surface area contributed by atoms with E-state index in [1.165, 1.54) is 7.11 Å². The molecule has 0 heterocycles. The SMILES string of the molecule is COCCOc1cc(C(=O)OC)cc(OCCOC)c1OCCOC. The van der Waals surface area contributed by atoms with Crippen molar-refractivity contribution in [2.24, 2.45) is 0 Å². The lowest BCUT2D eigenvalue weighted by atomic mass is 10.2. The summed E-state index contributed by atoms with van der Waals surface area (Å²) in [5.74, 6) is 0.612. The highest BCUT2D eigenvalue weighted by atomic mass is 16.6. The first kappa shape index (κ1) is 21.0. The zero-order chi connectivity index (χ0) is 18.5. The Morgan fingerprint density at radius 1 is 0.720 bits per heavy atom. The lowest BCUT2D eigenvalue weighted by Gasteiger charge is -2.18. The first-order valence-electron chi connectivity index (χ1n) is 7.79. The fourth-order valence-corrected chi connectivity index (χ4v) is 1.87. The third kappa shape index (κ3) is 7.16. The number of esters is 1. The summed E-state index contributed by atoms with van der Waals surface area (Å²) in [6.45, 7) is 2.06. The van der Waals surface area contributed by atoms with Gasteiger partial charge in [-0.1, -0.05) is 0 Å². The van der Waals surface area contributed by atoms with Gasteiger partial charge >= 0.3 is 5.97 Å². The van der Waals surface area contributed by atoms with E-state index in [0.717, 1.165) is 0 Å². The summed E-state index contributed by atoms with van der Waals surface area (Å²) in [5, 5.41) is 0.